The topological polar surface area (TPSA) is 86.7 Å². The Balaban J connectivity index is 2.49. The summed E-state index contributed by atoms with van der Waals surface area (Å²) < 4.78 is 0. The molecule has 4 nitrogen and oxygen atoms in total. The Morgan fingerprint density at radius 3 is 2.20 bits per heavy atom. The van der Waals surface area contributed by atoms with Crippen LogP contribution in [0.15, 0.2) is 12.1 Å². The van der Waals surface area contributed by atoms with Gasteiger partial charge in [-0.15, -0.1) is 0 Å². The van der Waals surface area contributed by atoms with Crippen molar-refractivity contribution in [3.8, 4) is 17.2 Å². The van der Waals surface area contributed by atoms with Crippen molar-refractivity contribution in [2.24, 2.45) is 5.73 Å². The molecule has 82 valence electrons. The van der Waals surface area contributed by atoms with Gasteiger partial charge in [-0.2, -0.15) is 0 Å². The molecule has 0 aliphatic heterocycles. The van der Waals surface area contributed by atoms with Gasteiger partial charge >= 0.3 is 0 Å². The zero-order valence-electron chi connectivity index (χ0n) is 8.40. The fourth-order valence-electron chi connectivity index (χ4n) is 2.25. The molecular weight excluding hydrogens is 194 g/mol. The van der Waals surface area contributed by atoms with Crippen LogP contribution in [0.5, 0.6) is 17.2 Å². The third kappa shape index (κ3) is 1.51. The summed E-state index contributed by atoms with van der Waals surface area (Å²) in [6.07, 6.45) is 3.64. The standard InChI is InChI=1S/C11H15NO3/c12-11(5-1-2-6-11)7-3-4-8(13)10(15)9(7)14/h3-4,13-15H,1-2,5-6,12H2. The first-order valence-corrected chi connectivity index (χ1v) is 5.08. The first-order chi connectivity index (χ1) is 7.04. The summed E-state index contributed by atoms with van der Waals surface area (Å²) in [5, 5.41) is 28.3. The van der Waals surface area contributed by atoms with Gasteiger partial charge in [-0.05, 0) is 25.0 Å². The smallest absolute Gasteiger partial charge is 0.200 e. The number of aromatic hydroxyl groups is 3. The highest BCUT2D eigenvalue weighted by atomic mass is 16.3. The normalized spacial score (nSPS) is 19.3. The van der Waals surface area contributed by atoms with Crippen molar-refractivity contribution in [3.05, 3.63) is 17.7 Å². The molecule has 4 heteroatoms. The van der Waals surface area contributed by atoms with Crippen molar-refractivity contribution in [2.75, 3.05) is 0 Å². The van der Waals surface area contributed by atoms with Gasteiger partial charge in [0.25, 0.3) is 0 Å². The van der Waals surface area contributed by atoms with Gasteiger partial charge in [0.2, 0.25) is 5.75 Å². The first kappa shape index (κ1) is 10.1. The second kappa shape index (κ2) is 3.31. The van der Waals surface area contributed by atoms with Crippen LogP contribution < -0.4 is 5.73 Å². The maximum atomic E-state index is 9.71. The van der Waals surface area contributed by atoms with Crippen molar-refractivity contribution in [3.63, 3.8) is 0 Å². The van der Waals surface area contributed by atoms with E-state index in [1.165, 1.54) is 6.07 Å². The molecule has 1 aromatic carbocycles. The molecule has 0 amide bonds. The molecule has 0 bridgehead atoms. The molecule has 0 aromatic heterocycles. The molecule has 0 atom stereocenters. The van der Waals surface area contributed by atoms with E-state index in [1.54, 1.807) is 6.07 Å². The Labute approximate surface area is 88.0 Å². The van der Waals surface area contributed by atoms with Crippen molar-refractivity contribution in [2.45, 2.75) is 31.2 Å². The third-order valence-corrected chi connectivity index (χ3v) is 3.16. The van der Waals surface area contributed by atoms with Gasteiger partial charge < -0.3 is 21.1 Å². The van der Waals surface area contributed by atoms with Crippen molar-refractivity contribution < 1.29 is 15.3 Å². The van der Waals surface area contributed by atoms with Gasteiger partial charge in [-0.3, -0.25) is 0 Å². The van der Waals surface area contributed by atoms with E-state index in [9.17, 15) is 15.3 Å². The zero-order valence-corrected chi connectivity index (χ0v) is 8.40. The zero-order chi connectivity index (χ0) is 11.1. The lowest BCUT2D eigenvalue weighted by Gasteiger charge is -2.25. The Hall–Kier alpha value is -1.42. The minimum atomic E-state index is -0.560. The van der Waals surface area contributed by atoms with Gasteiger partial charge in [-0.1, -0.05) is 12.8 Å². The molecular formula is C11H15NO3. The van der Waals surface area contributed by atoms with Gasteiger partial charge in [0.05, 0.1) is 0 Å². The highest BCUT2D eigenvalue weighted by molar-refractivity contribution is 5.55. The van der Waals surface area contributed by atoms with Gasteiger partial charge in [0.1, 0.15) is 0 Å². The van der Waals surface area contributed by atoms with Crippen molar-refractivity contribution in [1.29, 1.82) is 0 Å². The van der Waals surface area contributed by atoms with Crippen LogP contribution in [-0.4, -0.2) is 15.3 Å². The predicted molar refractivity (Wildman–Crippen MR) is 55.8 cm³/mol. The fraction of sp³-hybridized carbons (Fsp3) is 0.455. The summed E-state index contributed by atoms with van der Waals surface area (Å²) in [7, 11) is 0. The van der Waals surface area contributed by atoms with Crippen LogP contribution in [0.2, 0.25) is 0 Å². The lowest BCUT2D eigenvalue weighted by atomic mass is 9.88. The van der Waals surface area contributed by atoms with Gasteiger partial charge in [-0.25, -0.2) is 0 Å². The monoisotopic (exact) mass is 209 g/mol. The summed E-state index contributed by atoms with van der Waals surface area (Å²) in [5.41, 5.74) is 6.11. The number of rotatable bonds is 1. The van der Waals surface area contributed by atoms with Crippen molar-refractivity contribution in [1.82, 2.24) is 0 Å². The third-order valence-electron chi connectivity index (χ3n) is 3.16. The second-order valence-corrected chi connectivity index (χ2v) is 4.19. The van der Waals surface area contributed by atoms with Crippen molar-refractivity contribution >= 4 is 0 Å². The van der Waals surface area contributed by atoms with E-state index in [2.05, 4.69) is 0 Å². The maximum absolute atomic E-state index is 9.71. The first-order valence-electron chi connectivity index (χ1n) is 5.08. The van der Waals surface area contributed by atoms with E-state index in [0.717, 1.165) is 25.7 Å². The Morgan fingerprint density at radius 2 is 1.60 bits per heavy atom. The van der Waals surface area contributed by atoms with Crippen LogP contribution in [0.1, 0.15) is 31.2 Å². The molecule has 0 saturated heterocycles. The second-order valence-electron chi connectivity index (χ2n) is 4.19. The molecule has 0 radical (unpaired) electrons. The molecule has 0 spiro atoms. The molecule has 1 fully saturated rings. The maximum Gasteiger partial charge on any atom is 0.200 e. The average Bonchev–Trinajstić information content (AvgIpc) is 2.62. The summed E-state index contributed by atoms with van der Waals surface area (Å²) in [5.74, 6) is -1.10. The highest BCUT2D eigenvalue weighted by Crippen LogP contribution is 2.46. The number of hydrogen-bond acceptors (Lipinski definition) is 4. The largest absolute Gasteiger partial charge is 0.504 e. The van der Waals surface area contributed by atoms with E-state index >= 15 is 0 Å². The molecule has 1 aliphatic carbocycles. The van der Waals surface area contributed by atoms with E-state index in [1.807, 2.05) is 0 Å². The molecule has 1 saturated carbocycles. The van der Waals surface area contributed by atoms with Crippen LogP contribution in [0, 0.1) is 0 Å². The van der Waals surface area contributed by atoms with E-state index in [-0.39, 0.29) is 11.5 Å². The molecule has 1 aromatic rings. The van der Waals surface area contributed by atoms with Crippen LogP contribution in [0.4, 0.5) is 0 Å². The number of phenolic OH excluding ortho intramolecular Hbond substituents is 3. The highest BCUT2D eigenvalue weighted by Gasteiger charge is 2.34. The number of benzene rings is 1. The van der Waals surface area contributed by atoms with Crippen LogP contribution in [0.25, 0.3) is 0 Å². The number of nitrogens with two attached hydrogens (primary N) is 1. The minimum absolute atomic E-state index is 0.292. The molecule has 15 heavy (non-hydrogen) atoms. The Kier molecular flexibility index (Phi) is 2.23. The lowest BCUT2D eigenvalue weighted by Crippen LogP contribution is -2.33. The summed E-state index contributed by atoms with van der Waals surface area (Å²) in [6.45, 7) is 0. The van der Waals surface area contributed by atoms with Crippen LogP contribution in [-0.2, 0) is 5.54 Å². The fourth-order valence-corrected chi connectivity index (χ4v) is 2.25. The lowest BCUT2D eigenvalue weighted by molar-refractivity contribution is 0.350. The molecule has 1 aliphatic rings. The number of hydrogen-bond donors (Lipinski definition) is 4. The molecule has 2 rings (SSSR count). The summed E-state index contributed by atoms with van der Waals surface area (Å²) >= 11 is 0. The van der Waals surface area contributed by atoms with Crippen LogP contribution in [0.3, 0.4) is 0 Å². The van der Waals surface area contributed by atoms with Crippen LogP contribution >= 0.6 is 0 Å². The molecule has 5 N–H and O–H groups in total. The van der Waals surface area contributed by atoms with E-state index < -0.39 is 11.3 Å². The SMILES string of the molecule is NC1(c2ccc(O)c(O)c2O)CCCC1. The summed E-state index contributed by atoms with van der Waals surface area (Å²) in [6, 6.07) is 2.94. The number of phenols is 3. The van der Waals surface area contributed by atoms with Gasteiger partial charge in [0, 0.05) is 11.1 Å². The van der Waals surface area contributed by atoms with E-state index in [4.69, 9.17) is 5.73 Å². The molecule has 0 unspecified atom stereocenters. The minimum Gasteiger partial charge on any atom is -0.504 e. The predicted octanol–water partition coefficient (Wildman–Crippen LogP) is 1.53. The molecule has 0 heterocycles. The van der Waals surface area contributed by atoms with E-state index in [0.29, 0.717) is 5.56 Å². The van der Waals surface area contributed by atoms with Gasteiger partial charge in [0.15, 0.2) is 11.5 Å². The Morgan fingerprint density at radius 1 is 1.00 bits per heavy atom. The Bertz CT molecular complexity index is 384. The quantitative estimate of drug-likeness (QED) is 0.528. The average molecular weight is 209 g/mol. The summed E-state index contributed by atoms with van der Waals surface area (Å²) in [4.78, 5) is 0.